The molecule has 86 valence electrons. The summed E-state index contributed by atoms with van der Waals surface area (Å²) in [5.74, 6) is 0. The van der Waals surface area contributed by atoms with Crippen LogP contribution in [0.25, 0.3) is 33.0 Å². The van der Waals surface area contributed by atoms with Gasteiger partial charge in [-0.15, -0.1) is 0 Å². The van der Waals surface area contributed by atoms with Crippen LogP contribution in [0.3, 0.4) is 0 Å². The van der Waals surface area contributed by atoms with Crippen LogP contribution in [0.15, 0.2) is 48.5 Å². The number of benzene rings is 3. The molecule has 0 heterocycles. The molecule has 0 saturated heterocycles. The van der Waals surface area contributed by atoms with E-state index in [1.54, 1.807) is 0 Å². The molecule has 2 nitrogen and oxygen atoms in total. The fourth-order valence-electron chi connectivity index (χ4n) is 2.93. The number of anilines is 2. The number of hydrogen-bond acceptors (Lipinski definition) is 2. The van der Waals surface area contributed by atoms with Gasteiger partial charge in [0.1, 0.15) is 0 Å². The smallest absolute Gasteiger partial charge is 0.0634 e. The molecule has 0 aromatic heterocycles. The normalized spacial score (nSPS) is 11.8. The Morgan fingerprint density at radius 2 is 1.44 bits per heavy atom. The van der Waals surface area contributed by atoms with E-state index in [2.05, 4.69) is 36.4 Å². The summed E-state index contributed by atoms with van der Waals surface area (Å²) in [5, 5.41) is 2.39. The molecular weight excluding hydrogens is 220 g/mol. The summed E-state index contributed by atoms with van der Waals surface area (Å²) >= 11 is 0. The van der Waals surface area contributed by atoms with Gasteiger partial charge < -0.3 is 11.5 Å². The Balaban J connectivity index is 2.33. The van der Waals surface area contributed by atoms with Crippen LogP contribution in [0.1, 0.15) is 0 Å². The van der Waals surface area contributed by atoms with E-state index < -0.39 is 0 Å². The van der Waals surface area contributed by atoms with E-state index in [4.69, 9.17) is 11.5 Å². The van der Waals surface area contributed by atoms with Gasteiger partial charge in [-0.1, -0.05) is 42.5 Å². The van der Waals surface area contributed by atoms with Crippen molar-refractivity contribution in [3.8, 4) is 22.3 Å². The van der Waals surface area contributed by atoms with E-state index in [9.17, 15) is 0 Å². The van der Waals surface area contributed by atoms with Crippen molar-refractivity contribution >= 4 is 22.1 Å². The van der Waals surface area contributed by atoms with Gasteiger partial charge in [0.2, 0.25) is 0 Å². The summed E-state index contributed by atoms with van der Waals surface area (Å²) in [4.78, 5) is 0. The van der Waals surface area contributed by atoms with Gasteiger partial charge in [0.15, 0.2) is 0 Å². The molecule has 0 spiro atoms. The highest BCUT2D eigenvalue weighted by molar-refractivity contribution is 6.20. The van der Waals surface area contributed by atoms with Crippen LogP contribution in [0.4, 0.5) is 11.4 Å². The Hall–Kier alpha value is -2.48. The zero-order chi connectivity index (χ0) is 12.3. The molecule has 2 heteroatoms. The Labute approximate surface area is 105 Å². The molecule has 0 aliphatic heterocycles. The highest BCUT2D eigenvalue weighted by Gasteiger charge is 2.23. The topological polar surface area (TPSA) is 52.0 Å². The predicted octanol–water partition coefficient (Wildman–Crippen LogP) is 3.65. The van der Waals surface area contributed by atoms with Crippen LogP contribution < -0.4 is 11.5 Å². The zero-order valence-electron chi connectivity index (χ0n) is 9.77. The molecule has 0 atom stereocenters. The van der Waals surface area contributed by atoms with E-state index in [1.807, 2.05) is 12.1 Å². The lowest BCUT2D eigenvalue weighted by Crippen LogP contribution is -1.96. The molecule has 3 aromatic rings. The number of nitrogen functional groups attached to an aromatic ring is 2. The number of rotatable bonds is 0. The second-order valence-corrected chi connectivity index (χ2v) is 4.70. The van der Waals surface area contributed by atoms with Gasteiger partial charge in [0.25, 0.3) is 0 Å². The van der Waals surface area contributed by atoms with Crippen molar-refractivity contribution in [2.75, 3.05) is 11.5 Å². The molecule has 3 aromatic carbocycles. The minimum absolute atomic E-state index is 0.659. The van der Waals surface area contributed by atoms with Gasteiger partial charge in [-0.2, -0.15) is 0 Å². The highest BCUT2D eigenvalue weighted by Crippen LogP contribution is 2.50. The van der Waals surface area contributed by atoms with Crippen LogP contribution in [0.2, 0.25) is 0 Å². The van der Waals surface area contributed by atoms with Gasteiger partial charge in [-0.25, -0.2) is 0 Å². The standard InChI is InChI=1S/C16H12N2/c17-13-8-9-4-3-7-11-10-5-1-2-6-12(10)15(14(9)11)16(13)18/h1-8H,17-18H2. The van der Waals surface area contributed by atoms with E-state index in [-0.39, 0.29) is 0 Å². The van der Waals surface area contributed by atoms with Crippen molar-refractivity contribution in [3.63, 3.8) is 0 Å². The molecule has 0 radical (unpaired) electrons. The maximum absolute atomic E-state index is 6.18. The molecule has 0 bridgehead atoms. The second-order valence-electron chi connectivity index (χ2n) is 4.70. The lowest BCUT2D eigenvalue weighted by molar-refractivity contribution is 1.68. The second kappa shape index (κ2) is 3.05. The van der Waals surface area contributed by atoms with E-state index in [1.165, 1.54) is 22.1 Å². The van der Waals surface area contributed by atoms with Gasteiger partial charge in [0.05, 0.1) is 11.4 Å². The van der Waals surface area contributed by atoms with E-state index in [0.29, 0.717) is 11.4 Å². The quantitative estimate of drug-likeness (QED) is 0.455. The summed E-state index contributed by atoms with van der Waals surface area (Å²) in [5.41, 5.74) is 18.3. The molecular formula is C16H12N2. The van der Waals surface area contributed by atoms with Gasteiger partial charge in [0, 0.05) is 5.56 Å². The third-order valence-electron chi connectivity index (χ3n) is 3.72. The Morgan fingerprint density at radius 1 is 0.722 bits per heavy atom. The molecule has 4 N–H and O–H groups in total. The van der Waals surface area contributed by atoms with Crippen molar-refractivity contribution in [1.82, 2.24) is 0 Å². The molecule has 0 unspecified atom stereocenters. The van der Waals surface area contributed by atoms with Gasteiger partial charge in [-0.3, -0.25) is 0 Å². The van der Waals surface area contributed by atoms with Crippen LogP contribution in [-0.2, 0) is 0 Å². The lowest BCUT2D eigenvalue weighted by atomic mass is 10.0. The van der Waals surface area contributed by atoms with Crippen molar-refractivity contribution in [3.05, 3.63) is 48.5 Å². The molecule has 0 fully saturated rings. The van der Waals surface area contributed by atoms with Gasteiger partial charge in [-0.05, 0) is 33.5 Å². The summed E-state index contributed by atoms with van der Waals surface area (Å²) in [6.07, 6.45) is 0. The van der Waals surface area contributed by atoms with Gasteiger partial charge >= 0.3 is 0 Å². The summed E-state index contributed by atoms with van der Waals surface area (Å²) in [7, 11) is 0. The zero-order valence-corrected chi connectivity index (χ0v) is 9.77. The first kappa shape index (κ1) is 9.54. The van der Waals surface area contributed by atoms with Crippen molar-refractivity contribution in [2.45, 2.75) is 0 Å². The largest absolute Gasteiger partial charge is 0.397 e. The number of hydrogen-bond donors (Lipinski definition) is 2. The van der Waals surface area contributed by atoms with Crippen LogP contribution in [0, 0.1) is 0 Å². The monoisotopic (exact) mass is 232 g/mol. The minimum Gasteiger partial charge on any atom is -0.397 e. The van der Waals surface area contributed by atoms with Crippen molar-refractivity contribution < 1.29 is 0 Å². The fourth-order valence-corrected chi connectivity index (χ4v) is 2.93. The van der Waals surface area contributed by atoms with Crippen LogP contribution >= 0.6 is 0 Å². The average molecular weight is 232 g/mol. The Bertz CT molecular complexity index is 804. The highest BCUT2D eigenvalue weighted by atomic mass is 14.7. The van der Waals surface area contributed by atoms with Crippen LogP contribution in [-0.4, -0.2) is 0 Å². The van der Waals surface area contributed by atoms with E-state index >= 15 is 0 Å². The van der Waals surface area contributed by atoms with Crippen LogP contribution in [0.5, 0.6) is 0 Å². The Kier molecular flexibility index (Phi) is 1.61. The minimum atomic E-state index is 0.659. The number of fused-ring (bicyclic) bond motifs is 3. The third-order valence-corrected chi connectivity index (χ3v) is 3.72. The van der Waals surface area contributed by atoms with E-state index in [0.717, 1.165) is 10.9 Å². The average Bonchev–Trinajstić information content (AvgIpc) is 2.73. The lowest BCUT2D eigenvalue weighted by Gasteiger charge is -2.09. The number of nitrogens with two attached hydrogens (primary N) is 2. The predicted molar refractivity (Wildman–Crippen MR) is 77.2 cm³/mol. The summed E-state index contributed by atoms with van der Waals surface area (Å²) in [6, 6.07) is 16.6. The third kappa shape index (κ3) is 0.979. The molecule has 4 rings (SSSR count). The summed E-state index contributed by atoms with van der Waals surface area (Å²) in [6.45, 7) is 0. The maximum atomic E-state index is 6.18. The first-order valence-electron chi connectivity index (χ1n) is 5.98. The molecule has 18 heavy (non-hydrogen) atoms. The molecule has 1 aliphatic rings. The van der Waals surface area contributed by atoms with Crippen molar-refractivity contribution in [2.24, 2.45) is 0 Å². The SMILES string of the molecule is Nc1cc2cccc3c2c(c1N)-c1ccccc1-3. The first-order valence-corrected chi connectivity index (χ1v) is 5.98. The Morgan fingerprint density at radius 3 is 2.28 bits per heavy atom. The molecule has 0 amide bonds. The molecule has 0 saturated carbocycles. The van der Waals surface area contributed by atoms with Crippen molar-refractivity contribution in [1.29, 1.82) is 0 Å². The summed E-state index contributed by atoms with van der Waals surface area (Å²) < 4.78 is 0. The first-order chi connectivity index (χ1) is 8.77. The maximum Gasteiger partial charge on any atom is 0.0634 e. The molecule has 1 aliphatic carbocycles. The fraction of sp³-hybridized carbons (Fsp3) is 0.